The number of ether oxygens (including phenoxy) is 1. The van der Waals surface area contributed by atoms with Gasteiger partial charge in [0.05, 0.1) is 24.8 Å². The van der Waals surface area contributed by atoms with E-state index in [1.165, 1.54) is 0 Å². The summed E-state index contributed by atoms with van der Waals surface area (Å²) in [5.74, 6) is 1.54. The number of aliphatic hydroxyl groups is 1. The van der Waals surface area contributed by atoms with Gasteiger partial charge >= 0.3 is 0 Å². The minimum absolute atomic E-state index is 0.329. The highest BCUT2D eigenvalue weighted by molar-refractivity contribution is 6.33. The van der Waals surface area contributed by atoms with Crippen LogP contribution in [-0.4, -0.2) is 43.6 Å². The van der Waals surface area contributed by atoms with Crippen molar-refractivity contribution < 1.29 is 14.3 Å². The Bertz CT molecular complexity index is 636. The van der Waals surface area contributed by atoms with Crippen molar-refractivity contribution in [2.24, 2.45) is 0 Å². The minimum Gasteiger partial charge on any atom is -0.460 e. The second-order valence-electron chi connectivity index (χ2n) is 5.80. The van der Waals surface area contributed by atoms with E-state index in [9.17, 15) is 5.11 Å². The van der Waals surface area contributed by atoms with Crippen LogP contribution in [0.5, 0.6) is 0 Å². The number of furan rings is 1. The van der Waals surface area contributed by atoms with Gasteiger partial charge in [-0.15, -0.1) is 0 Å². The van der Waals surface area contributed by atoms with E-state index in [-0.39, 0.29) is 0 Å². The number of benzene rings is 1. The second kappa shape index (κ2) is 7.47. The Morgan fingerprint density at radius 1 is 1.26 bits per heavy atom. The number of halogens is 1. The molecule has 3 N–H and O–H groups in total. The molecule has 1 aromatic heterocycles. The largest absolute Gasteiger partial charge is 0.460 e. The van der Waals surface area contributed by atoms with Crippen molar-refractivity contribution in [2.45, 2.75) is 12.1 Å². The average molecular weight is 337 g/mol. The highest BCUT2D eigenvalue weighted by atomic mass is 35.5. The molecule has 1 aliphatic rings. The molecule has 0 aliphatic carbocycles. The third kappa shape index (κ3) is 4.34. The fraction of sp³-hybridized carbons (Fsp3) is 0.412. The molecule has 2 heterocycles. The van der Waals surface area contributed by atoms with E-state index in [1.54, 1.807) is 0 Å². The first-order chi connectivity index (χ1) is 11.2. The van der Waals surface area contributed by atoms with Crippen molar-refractivity contribution in [1.29, 1.82) is 0 Å². The average Bonchev–Trinajstić information content (AvgIpc) is 2.89. The summed E-state index contributed by atoms with van der Waals surface area (Å²) in [7, 11) is 0. The Morgan fingerprint density at radius 3 is 3.00 bits per heavy atom. The Kier molecular flexibility index (Phi) is 5.35. The summed E-state index contributed by atoms with van der Waals surface area (Å²) in [6.07, 6.45) is 0. The lowest BCUT2D eigenvalue weighted by Crippen LogP contribution is -2.49. The van der Waals surface area contributed by atoms with Crippen LogP contribution < -0.4 is 10.6 Å². The van der Waals surface area contributed by atoms with Gasteiger partial charge in [0, 0.05) is 25.2 Å². The Balaban J connectivity index is 1.56. The highest BCUT2D eigenvalue weighted by Gasteiger charge is 2.28. The molecule has 3 rings (SSSR count). The predicted molar refractivity (Wildman–Crippen MR) is 89.5 cm³/mol. The monoisotopic (exact) mass is 336 g/mol. The Morgan fingerprint density at radius 2 is 2.13 bits per heavy atom. The quantitative estimate of drug-likeness (QED) is 0.779. The summed E-state index contributed by atoms with van der Waals surface area (Å²) in [4.78, 5) is 0. The Hall–Kier alpha value is -1.37. The topological polar surface area (TPSA) is 66.7 Å². The summed E-state index contributed by atoms with van der Waals surface area (Å²) < 4.78 is 11.2. The van der Waals surface area contributed by atoms with Crippen molar-refractivity contribution in [3.05, 3.63) is 47.2 Å². The van der Waals surface area contributed by atoms with E-state index in [2.05, 4.69) is 10.6 Å². The molecule has 0 unspecified atom stereocenters. The molecule has 0 amide bonds. The molecule has 6 heteroatoms. The molecule has 1 aromatic carbocycles. The smallest absolute Gasteiger partial charge is 0.135 e. The molecule has 0 saturated carbocycles. The molecule has 0 bridgehead atoms. The van der Waals surface area contributed by atoms with Crippen LogP contribution in [0.15, 0.2) is 40.8 Å². The van der Waals surface area contributed by atoms with Crippen LogP contribution in [0, 0.1) is 0 Å². The van der Waals surface area contributed by atoms with E-state index in [0.717, 1.165) is 23.6 Å². The van der Waals surface area contributed by atoms with Crippen LogP contribution in [-0.2, 0) is 11.3 Å². The van der Waals surface area contributed by atoms with Crippen molar-refractivity contribution in [2.75, 3.05) is 32.8 Å². The molecule has 0 radical (unpaired) electrons. The number of β-amino-alcohol motifs (C(OH)–C–C–N with tert-alkyl or cyclic N) is 1. The van der Waals surface area contributed by atoms with E-state index >= 15 is 0 Å². The SMILES string of the molecule is O[C@@]1(CNCc2ccc(-c3ccccc3Cl)o2)CNCCOC1. The molecule has 5 nitrogen and oxygen atoms in total. The van der Waals surface area contributed by atoms with E-state index < -0.39 is 5.60 Å². The number of nitrogens with one attached hydrogen (secondary N) is 2. The van der Waals surface area contributed by atoms with Gasteiger partial charge in [-0.1, -0.05) is 23.7 Å². The van der Waals surface area contributed by atoms with Crippen LogP contribution in [0.1, 0.15) is 5.76 Å². The van der Waals surface area contributed by atoms with Gasteiger partial charge in [0.1, 0.15) is 17.1 Å². The van der Waals surface area contributed by atoms with Crippen molar-refractivity contribution in [1.82, 2.24) is 10.6 Å². The van der Waals surface area contributed by atoms with Crippen LogP contribution in [0.3, 0.4) is 0 Å². The van der Waals surface area contributed by atoms with Gasteiger partial charge in [-0.25, -0.2) is 0 Å². The Labute approximate surface area is 140 Å². The molecular weight excluding hydrogens is 316 g/mol. The zero-order valence-electron chi connectivity index (χ0n) is 12.8. The molecule has 0 spiro atoms. The standard InChI is InChI=1S/C17H21ClN2O3/c18-15-4-2-1-3-14(15)16-6-5-13(23-16)9-20-11-17(21)10-19-7-8-22-12-17/h1-6,19-21H,7-12H2/t17-/m1/s1. The van der Waals surface area contributed by atoms with Gasteiger partial charge in [0.2, 0.25) is 0 Å². The maximum atomic E-state index is 10.5. The van der Waals surface area contributed by atoms with E-state index in [0.29, 0.717) is 37.9 Å². The maximum Gasteiger partial charge on any atom is 0.135 e. The third-order valence-corrected chi connectivity index (χ3v) is 4.13. The number of hydrogen-bond acceptors (Lipinski definition) is 5. The predicted octanol–water partition coefficient (Wildman–Crippen LogP) is 2.04. The maximum absolute atomic E-state index is 10.5. The summed E-state index contributed by atoms with van der Waals surface area (Å²) in [5, 5.41) is 17.5. The lowest BCUT2D eigenvalue weighted by molar-refractivity contribution is -0.0266. The molecule has 1 atom stereocenters. The fourth-order valence-electron chi connectivity index (χ4n) is 2.59. The highest BCUT2D eigenvalue weighted by Crippen LogP contribution is 2.28. The van der Waals surface area contributed by atoms with Crippen molar-refractivity contribution in [3.63, 3.8) is 0 Å². The molecule has 124 valence electrons. The minimum atomic E-state index is -0.894. The summed E-state index contributed by atoms with van der Waals surface area (Å²) >= 11 is 6.18. The first-order valence-electron chi connectivity index (χ1n) is 7.71. The van der Waals surface area contributed by atoms with Gasteiger partial charge in [-0.05, 0) is 24.3 Å². The molecular formula is C17H21ClN2O3. The molecule has 1 fully saturated rings. The molecule has 23 heavy (non-hydrogen) atoms. The molecule has 1 aliphatic heterocycles. The normalized spacial score (nSPS) is 22.0. The number of rotatable bonds is 5. The van der Waals surface area contributed by atoms with Crippen LogP contribution in [0.4, 0.5) is 0 Å². The van der Waals surface area contributed by atoms with Gasteiger partial charge in [-0.3, -0.25) is 0 Å². The summed E-state index contributed by atoms with van der Waals surface area (Å²) in [6.45, 7) is 3.21. The van der Waals surface area contributed by atoms with Crippen molar-refractivity contribution >= 4 is 11.6 Å². The van der Waals surface area contributed by atoms with Crippen LogP contribution in [0.2, 0.25) is 5.02 Å². The van der Waals surface area contributed by atoms with Crippen molar-refractivity contribution in [3.8, 4) is 11.3 Å². The van der Waals surface area contributed by atoms with Gasteiger partial charge in [0.25, 0.3) is 0 Å². The van der Waals surface area contributed by atoms with E-state index in [4.69, 9.17) is 20.8 Å². The lowest BCUT2D eigenvalue weighted by atomic mass is 10.1. The van der Waals surface area contributed by atoms with Crippen LogP contribution >= 0.6 is 11.6 Å². The number of hydrogen-bond donors (Lipinski definition) is 3. The molecule has 1 saturated heterocycles. The van der Waals surface area contributed by atoms with Gasteiger partial charge in [-0.2, -0.15) is 0 Å². The first-order valence-corrected chi connectivity index (χ1v) is 8.09. The van der Waals surface area contributed by atoms with E-state index in [1.807, 2.05) is 36.4 Å². The molecule has 2 aromatic rings. The van der Waals surface area contributed by atoms with Gasteiger partial charge in [0.15, 0.2) is 0 Å². The van der Waals surface area contributed by atoms with Crippen LogP contribution in [0.25, 0.3) is 11.3 Å². The summed E-state index contributed by atoms with van der Waals surface area (Å²) in [5.41, 5.74) is -0.0188. The van der Waals surface area contributed by atoms with Gasteiger partial charge < -0.3 is 24.9 Å². The zero-order valence-corrected chi connectivity index (χ0v) is 13.6. The lowest BCUT2D eigenvalue weighted by Gasteiger charge is -2.25. The third-order valence-electron chi connectivity index (χ3n) is 3.80. The zero-order chi connectivity index (χ0) is 16.1. The second-order valence-corrected chi connectivity index (χ2v) is 6.21. The summed E-state index contributed by atoms with van der Waals surface area (Å²) in [6, 6.07) is 11.4. The fourth-order valence-corrected chi connectivity index (χ4v) is 2.82. The first kappa shape index (κ1) is 16.5.